The smallest absolute Gasteiger partial charge is 0.231 e. The molecule has 0 aliphatic heterocycles. The van der Waals surface area contributed by atoms with Crippen LogP contribution in [0.15, 0.2) is 18.2 Å². The molecule has 0 saturated heterocycles. The van der Waals surface area contributed by atoms with Gasteiger partial charge in [-0.05, 0) is 25.1 Å². The highest BCUT2D eigenvalue weighted by Gasteiger charge is 2.07. The van der Waals surface area contributed by atoms with Crippen LogP contribution in [0, 0.1) is 17.1 Å². The van der Waals surface area contributed by atoms with Crippen LogP contribution in [0.3, 0.4) is 0 Å². The molecule has 5 heteroatoms. The number of Topliss-reactive ketones (excluding diaryl/α,β-unsaturated/α-hetero) is 1. The molecule has 1 N–H and O–H groups in total. The van der Waals surface area contributed by atoms with Crippen molar-refractivity contribution < 1.29 is 14.0 Å². The Kier molecular flexibility index (Phi) is 3.72. The average Bonchev–Trinajstić information content (AvgIpc) is 2.19. The van der Waals surface area contributed by atoms with Crippen molar-refractivity contribution in [3.05, 3.63) is 29.6 Å². The Morgan fingerprint density at radius 3 is 2.75 bits per heavy atom. The summed E-state index contributed by atoms with van der Waals surface area (Å²) in [6, 6.07) is 5.28. The molecule has 0 atom stereocenters. The predicted octanol–water partition coefficient (Wildman–Crippen LogP) is 1.61. The molecule has 0 spiro atoms. The summed E-state index contributed by atoms with van der Waals surface area (Å²) >= 11 is 0. The Morgan fingerprint density at radius 1 is 1.50 bits per heavy atom. The molecule has 0 radical (unpaired) electrons. The Balaban J connectivity index is 2.79. The fraction of sp³-hybridized carbons (Fsp3) is 0.182. The van der Waals surface area contributed by atoms with Crippen LogP contribution in [0.2, 0.25) is 0 Å². The van der Waals surface area contributed by atoms with E-state index >= 15 is 0 Å². The van der Waals surface area contributed by atoms with Crippen molar-refractivity contribution in [2.45, 2.75) is 13.3 Å². The second-order valence-electron chi connectivity index (χ2n) is 3.23. The third-order valence-electron chi connectivity index (χ3n) is 1.78. The first-order chi connectivity index (χ1) is 7.52. The second kappa shape index (κ2) is 5.03. The highest BCUT2D eigenvalue weighted by Crippen LogP contribution is 2.13. The highest BCUT2D eigenvalue weighted by molar-refractivity contribution is 6.03. The standard InChI is InChI=1S/C11H9FN2O2/c1-7(15)4-11(16)14-9-2-3-10(12)8(5-9)6-13/h2-3,5H,4H2,1H3,(H,14,16). The van der Waals surface area contributed by atoms with Crippen molar-refractivity contribution in [1.29, 1.82) is 5.26 Å². The summed E-state index contributed by atoms with van der Waals surface area (Å²) in [6.45, 7) is 1.30. The normalized spacial score (nSPS) is 9.31. The van der Waals surface area contributed by atoms with Crippen LogP contribution in [-0.2, 0) is 9.59 Å². The molecule has 0 aromatic heterocycles. The summed E-state index contributed by atoms with van der Waals surface area (Å²) in [5.74, 6) is -1.39. The van der Waals surface area contributed by atoms with Crippen LogP contribution in [0.4, 0.5) is 10.1 Å². The van der Waals surface area contributed by atoms with Gasteiger partial charge >= 0.3 is 0 Å². The molecule has 1 aromatic rings. The van der Waals surface area contributed by atoms with Gasteiger partial charge in [-0.1, -0.05) is 0 Å². The number of anilines is 1. The van der Waals surface area contributed by atoms with Crippen molar-refractivity contribution in [3.8, 4) is 6.07 Å². The van der Waals surface area contributed by atoms with Gasteiger partial charge in [0.05, 0.1) is 12.0 Å². The summed E-state index contributed by atoms with van der Waals surface area (Å²) in [5, 5.41) is 11.0. The van der Waals surface area contributed by atoms with E-state index in [0.717, 1.165) is 6.07 Å². The summed E-state index contributed by atoms with van der Waals surface area (Å²) in [7, 11) is 0. The number of ketones is 1. The van der Waals surface area contributed by atoms with Crippen molar-refractivity contribution in [2.75, 3.05) is 5.32 Å². The number of benzene rings is 1. The molecule has 82 valence electrons. The lowest BCUT2D eigenvalue weighted by Crippen LogP contribution is -2.14. The molecule has 0 aliphatic rings. The van der Waals surface area contributed by atoms with Crippen LogP contribution in [0.1, 0.15) is 18.9 Å². The maximum Gasteiger partial charge on any atom is 0.231 e. The second-order valence-corrected chi connectivity index (χ2v) is 3.23. The summed E-state index contributed by atoms with van der Waals surface area (Å²) in [6.07, 6.45) is -0.237. The predicted molar refractivity (Wildman–Crippen MR) is 55.0 cm³/mol. The first-order valence-corrected chi connectivity index (χ1v) is 4.52. The molecule has 4 nitrogen and oxygen atoms in total. The Hall–Kier alpha value is -2.22. The highest BCUT2D eigenvalue weighted by atomic mass is 19.1. The molecular formula is C11H9FN2O2. The van der Waals surface area contributed by atoms with Gasteiger partial charge < -0.3 is 5.32 Å². The van der Waals surface area contributed by atoms with E-state index in [1.807, 2.05) is 0 Å². The van der Waals surface area contributed by atoms with Crippen LogP contribution in [-0.4, -0.2) is 11.7 Å². The number of hydrogen-bond donors (Lipinski definition) is 1. The van der Waals surface area contributed by atoms with Crippen molar-refractivity contribution >= 4 is 17.4 Å². The third kappa shape index (κ3) is 3.17. The lowest BCUT2D eigenvalue weighted by molar-refractivity contribution is -0.124. The van der Waals surface area contributed by atoms with E-state index in [9.17, 15) is 14.0 Å². The number of nitrogens with one attached hydrogen (secondary N) is 1. The number of hydrogen-bond acceptors (Lipinski definition) is 3. The minimum absolute atomic E-state index is 0.152. The molecule has 0 saturated carbocycles. The van der Waals surface area contributed by atoms with Gasteiger partial charge in [0, 0.05) is 5.69 Å². The van der Waals surface area contributed by atoms with Crippen LogP contribution in [0.5, 0.6) is 0 Å². The van der Waals surface area contributed by atoms with E-state index < -0.39 is 11.7 Å². The van der Waals surface area contributed by atoms with Gasteiger partial charge in [0.15, 0.2) is 0 Å². The van der Waals surface area contributed by atoms with E-state index in [2.05, 4.69) is 5.32 Å². The van der Waals surface area contributed by atoms with E-state index in [1.165, 1.54) is 19.1 Å². The van der Waals surface area contributed by atoms with Crippen LogP contribution in [0.25, 0.3) is 0 Å². The number of carbonyl (C=O) groups excluding carboxylic acids is 2. The first-order valence-electron chi connectivity index (χ1n) is 4.52. The topological polar surface area (TPSA) is 70.0 Å². The maximum atomic E-state index is 12.9. The molecular weight excluding hydrogens is 211 g/mol. The van der Waals surface area contributed by atoms with Crippen molar-refractivity contribution in [1.82, 2.24) is 0 Å². The van der Waals surface area contributed by atoms with Gasteiger partial charge in [-0.3, -0.25) is 9.59 Å². The van der Waals surface area contributed by atoms with E-state index in [-0.39, 0.29) is 17.8 Å². The molecule has 0 aliphatic carbocycles. The van der Waals surface area contributed by atoms with Gasteiger partial charge in [0.25, 0.3) is 0 Å². The SMILES string of the molecule is CC(=O)CC(=O)Nc1ccc(F)c(C#N)c1. The minimum Gasteiger partial charge on any atom is -0.326 e. The van der Waals surface area contributed by atoms with Gasteiger partial charge in [-0.25, -0.2) is 4.39 Å². The zero-order valence-electron chi connectivity index (χ0n) is 8.58. The zero-order valence-corrected chi connectivity index (χ0v) is 8.58. The van der Waals surface area contributed by atoms with Crippen LogP contribution < -0.4 is 5.32 Å². The molecule has 1 amide bonds. The van der Waals surface area contributed by atoms with E-state index in [0.29, 0.717) is 5.69 Å². The molecule has 0 heterocycles. The number of nitriles is 1. The Labute approximate surface area is 91.7 Å². The largest absolute Gasteiger partial charge is 0.326 e. The molecule has 0 bridgehead atoms. The van der Waals surface area contributed by atoms with Gasteiger partial charge in [-0.2, -0.15) is 5.26 Å². The van der Waals surface area contributed by atoms with Crippen molar-refractivity contribution in [3.63, 3.8) is 0 Å². The summed E-state index contributed by atoms with van der Waals surface area (Å²) < 4.78 is 12.9. The van der Waals surface area contributed by atoms with Crippen molar-refractivity contribution in [2.24, 2.45) is 0 Å². The third-order valence-corrected chi connectivity index (χ3v) is 1.78. The zero-order chi connectivity index (χ0) is 12.1. The number of carbonyl (C=O) groups is 2. The molecule has 0 unspecified atom stereocenters. The Bertz CT molecular complexity index is 477. The number of amides is 1. The maximum absolute atomic E-state index is 12.9. The number of halogens is 1. The average molecular weight is 220 g/mol. The molecule has 1 rings (SSSR count). The van der Waals surface area contributed by atoms with E-state index in [1.54, 1.807) is 6.07 Å². The van der Waals surface area contributed by atoms with Gasteiger partial charge in [0.2, 0.25) is 5.91 Å². The first kappa shape index (κ1) is 11.9. The molecule has 0 fully saturated rings. The van der Waals surface area contributed by atoms with Gasteiger partial charge in [-0.15, -0.1) is 0 Å². The van der Waals surface area contributed by atoms with Crippen LogP contribution >= 0.6 is 0 Å². The molecule has 1 aromatic carbocycles. The molecule has 16 heavy (non-hydrogen) atoms. The fourth-order valence-electron chi connectivity index (χ4n) is 1.12. The lowest BCUT2D eigenvalue weighted by atomic mass is 10.2. The summed E-state index contributed by atoms with van der Waals surface area (Å²) in [4.78, 5) is 21.8. The quantitative estimate of drug-likeness (QED) is 0.787. The monoisotopic (exact) mass is 220 g/mol. The van der Waals surface area contributed by atoms with E-state index in [4.69, 9.17) is 5.26 Å². The minimum atomic E-state index is -0.646. The lowest BCUT2D eigenvalue weighted by Gasteiger charge is -2.04. The number of rotatable bonds is 3. The number of nitrogens with zero attached hydrogens (tertiary/aromatic N) is 1. The van der Waals surface area contributed by atoms with Gasteiger partial charge in [0.1, 0.15) is 17.7 Å². The Morgan fingerprint density at radius 2 is 2.19 bits per heavy atom. The summed E-state index contributed by atoms with van der Waals surface area (Å²) in [5.41, 5.74) is 0.143. The fourth-order valence-corrected chi connectivity index (χ4v) is 1.12.